The standard InChI is InChI=1S/C18H22N4O2S/c23-16(12-7-8-12)19-9-10-20-18(24)22-11-3-5-14(22)17-21-13-4-1-2-6-15(13)25-17/h1-2,4,6,12,14H,3,5,7-11H2,(H,19,23)(H,20,24)/t14-/m1/s1. The Balaban J connectivity index is 1.33. The largest absolute Gasteiger partial charge is 0.354 e. The minimum atomic E-state index is -0.0672. The SMILES string of the molecule is O=C(NCCNC(=O)N1CCC[C@@H]1c1nc2ccccc2s1)C1CC1. The van der Waals surface area contributed by atoms with Crippen LogP contribution in [0.3, 0.4) is 0 Å². The molecule has 2 fully saturated rings. The lowest BCUT2D eigenvalue weighted by atomic mass is 10.2. The van der Waals surface area contributed by atoms with Crippen molar-refractivity contribution in [2.75, 3.05) is 19.6 Å². The number of para-hydroxylation sites is 1. The summed E-state index contributed by atoms with van der Waals surface area (Å²) in [6.07, 6.45) is 3.93. The highest BCUT2D eigenvalue weighted by molar-refractivity contribution is 7.18. The Morgan fingerprint density at radius 3 is 2.76 bits per heavy atom. The number of nitrogens with zero attached hydrogens (tertiary/aromatic N) is 2. The van der Waals surface area contributed by atoms with Gasteiger partial charge in [0, 0.05) is 25.6 Å². The molecule has 0 unspecified atom stereocenters. The van der Waals surface area contributed by atoms with Crippen LogP contribution in [-0.4, -0.2) is 41.5 Å². The second kappa shape index (κ2) is 7.00. The van der Waals surface area contributed by atoms with Crippen LogP contribution in [0.4, 0.5) is 4.79 Å². The van der Waals surface area contributed by atoms with E-state index in [4.69, 9.17) is 4.98 Å². The molecular formula is C18H22N4O2S. The summed E-state index contributed by atoms with van der Waals surface area (Å²) in [5.41, 5.74) is 0.998. The molecule has 0 spiro atoms. The van der Waals surface area contributed by atoms with Gasteiger partial charge < -0.3 is 15.5 Å². The number of urea groups is 1. The van der Waals surface area contributed by atoms with E-state index >= 15 is 0 Å². The van der Waals surface area contributed by atoms with Gasteiger partial charge in [-0.1, -0.05) is 12.1 Å². The monoisotopic (exact) mass is 358 g/mol. The summed E-state index contributed by atoms with van der Waals surface area (Å²) in [5, 5.41) is 6.80. The van der Waals surface area contributed by atoms with Gasteiger partial charge in [0.2, 0.25) is 5.91 Å². The number of carbonyl (C=O) groups excluding carboxylic acids is 2. The second-order valence-electron chi connectivity index (χ2n) is 6.67. The fourth-order valence-electron chi connectivity index (χ4n) is 3.25. The summed E-state index contributed by atoms with van der Waals surface area (Å²) < 4.78 is 1.16. The molecular weight excluding hydrogens is 336 g/mol. The number of carbonyl (C=O) groups is 2. The van der Waals surface area contributed by atoms with Crippen molar-refractivity contribution in [2.24, 2.45) is 5.92 Å². The van der Waals surface area contributed by atoms with E-state index in [9.17, 15) is 9.59 Å². The van der Waals surface area contributed by atoms with Gasteiger partial charge >= 0.3 is 6.03 Å². The Hall–Kier alpha value is -2.15. The van der Waals surface area contributed by atoms with Crippen molar-refractivity contribution in [3.05, 3.63) is 29.3 Å². The van der Waals surface area contributed by atoms with Crippen molar-refractivity contribution in [1.29, 1.82) is 0 Å². The first-order chi connectivity index (χ1) is 12.2. The van der Waals surface area contributed by atoms with Crippen molar-refractivity contribution in [3.63, 3.8) is 0 Å². The molecule has 7 heteroatoms. The number of nitrogens with one attached hydrogen (secondary N) is 2. The maximum atomic E-state index is 12.5. The highest BCUT2D eigenvalue weighted by atomic mass is 32.1. The van der Waals surface area contributed by atoms with E-state index in [1.54, 1.807) is 11.3 Å². The fourth-order valence-corrected chi connectivity index (χ4v) is 4.36. The number of thiazole rings is 1. The minimum absolute atomic E-state index is 0.0541. The van der Waals surface area contributed by atoms with Gasteiger partial charge in [0.15, 0.2) is 0 Å². The first-order valence-corrected chi connectivity index (χ1v) is 9.71. The Labute approximate surface area is 150 Å². The third-order valence-electron chi connectivity index (χ3n) is 4.76. The molecule has 0 radical (unpaired) electrons. The van der Waals surface area contributed by atoms with Crippen LogP contribution in [-0.2, 0) is 4.79 Å². The molecule has 2 N–H and O–H groups in total. The van der Waals surface area contributed by atoms with E-state index in [-0.39, 0.29) is 23.9 Å². The van der Waals surface area contributed by atoms with Crippen molar-refractivity contribution in [2.45, 2.75) is 31.7 Å². The summed E-state index contributed by atoms with van der Waals surface area (Å²) in [7, 11) is 0. The van der Waals surface area contributed by atoms with Crippen molar-refractivity contribution in [3.8, 4) is 0 Å². The summed E-state index contributed by atoms with van der Waals surface area (Å²) in [6.45, 7) is 1.70. The maximum absolute atomic E-state index is 12.5. The van der Waals surface area contributed by atoms with E-state index in [0.29, 0.717) is 13.1 Å². The van der Waals surface area contributed by atoms with Crippen molar-refractivity contribution < 1.29 is 9.59 Å². The van der Waals surface area contributed by atoms with E-state index in [2.05, 4.69) is 16.7 Å². The predicted octanol–water partition coefficient (Wildman–Crippen LogP) is 2.67. The molecule has 1 aliphatic carbocycles. The van der Waals surface area contributed by atoms with Crippen LogP contribution in [0, 0.1) is 5.92 Å². The zero-order chi connectivity index (χ0) is 17.2. The van der Waals surface area contributed by atoms with E-state index in [0.717, 1.165) is 47.5 Å². The number of hydrogen-bond acceptors (Lipinski definition) is 4. The fraction of sp³-hybridized carbons (Fsp3) is 0.500. The number of benzene rings is 1. The molecule has 25 heavy (non-hydrogen) atoms. The van der Waals surface area contributed by atoms with E-state index in [1.165, 1.54) is 0 Å². The average molecular weight is 358 g/mol. The molecule has 2 heterocycles. The molecule has 1 atom stereocenters. The first kappa shape index (κ1) is 16.3. The lowest BCUT2D eigenvalue weighted by Crippen LogP contribution is -2.42. The predicted molar refractivity (Wildman–Crippen MR) is 97.4 cm³/mol. The van der Waals surface area contributed by atoms with Gasteiger partial charge in [-0.3, -0.25) is 4.79 Å². The average Bonchev–Trinajstić information content (AvgIpc) is 3.20. The van der Waals surface area contributed by atoms with Crippen LogP contribution in [0.15, 0.2) is 24.3 Å². The molecule has 1 aromatic carbocycles. The van der Waals surface area contributed by atoms with Crippen LogP contribution in [0.2, 0.25) is 0 Å². The normalized spacial score (nSPS) is 20.0. The second-order valence-corrected chi connectivity index (χ2v) is 7.73. The van der Waals surface area contributed by atoms with Crippen LogP contribution in [0.5, 0.6) is 0 Å². The molecule has 1 saturated heterocycles. The number of fused-ring (bicyclic) bond motifs is 1. The van der Waals surface area contributed by atoms with Gasteiger partial charge in [0.05, 0.1) is 16.3 Å². The molecule has 1 aromatic heterocycles. The Kier molecular flexibility index (Phi) is 4.57. The van der Waals surface area contributed by atoms with Gasteiger partial charge in [0.1, 0.15) is 5.01 Å². The van der Waals surface area contributed by atoms with Gasteiger partial charge in [-0.25, -0.2) is 9.78 Å². The Morgan fingerprint density at radius 2 is 1.96 bits per heavy atom. The molecule has 4 rings (SSSR count). The van der Waals surface area contributed by atoms with Crippen LogP contribution in [0.1, 0.15) is 36.7 Å². The summed E-state index contributed by atoms with van der Waals surface area (Å²) in [5.74, 6) is 0.320. The topological polar surface area (TPSA) is 74.3 Å². The highest BCUT2D eigenvalue weighted by Gasteiger charge is 2.32. The third-order valence-corrected chi connectivity index (χ3v) is 5.90. The molecule has 1 aliphatic heterocycles. The molecule has 3 amide bonds. The molecule has 0 bridgehead atoms. The Morgan fingerprint density at radius 1 is 1.16 bits per heavy atom. The smallest absolute Gasteiger partial charge is 0.318 e. The van der Waals surface area contributed by atoms with Gasteiger partial charge in [-0.05, 0) is 37.8 Å². The lowest BCUT2D eigenvalue weighted by Gasteiger charge is -2.23. The quantitative estimate of drug-likeness (QED) is 0.807. The van der Waals surface area contributed by atoms with Crippen molar-refractivity contribution >= 4 is 33.5 Å². The summed E-state index contributed by atoms with van der Waals surface area (Å²) in [6, 6.07) is 8.07. The molecule has 2 aliphatic rings. The van der Waals surface area contributed by atoms with Crippen LogP contribution in [0.25, 0.3) is 10.2 Å². The zero-order valence-corrected chi connectivity index (χ0v) is 14.8. The van der Waals surface area contributed by atoms with Crippen molar-refractivity contribution in [1.82, 2.24) is 20.5 Å². The lowest BCUT2D eigenvalue weighted by molar-refractivity contribution is -0.122. The molecule has 132 valence electrons. The maximum Gasteiger partial charge on any atom is 0.318 e. The highest BCUT2D eigenvalue weighted by Crippen LogP contribution is 2.36. The van der Waals surface area contributed by atoms with Crippen LogP contribution >= 0.6 is 11.3 Å². The zero-order valence-electron chi connectivity index (χ0n) is 14.0. The molecule has 1 saturated carbocycles. The van der Waals surface area contributed by atoms with Gasteiger partial charge in [-0.15, -0.1) is 11.3 Å². The van der Waals surface area contributed by atoms with Gasteiger partial charge in [-0.2, -0.15) is 0 Å². The number of amides is 3. The molecule has 2 aromatic rings. The first-order valence-electron chi connectivity index (χ1n) is 8.90. The number of likely N-dealkylation sites (tertiary alicyclic amines) is 1. The van der Waals surface area contributed by atoms with E-state index < -0.39 is 0 Å². The van der Waals surface area contributed by atoms with E-state index in [1.807, 2.05) is 23.1 Å². The molecule has 6 nitrogen and oxygen atoms in total. The summed E-state index contributed by atoms with van der Waals surface area (Å²) in [4.78, 5) is 30.7. The minimum Gasteiger partial charge on any atom is -0.354 e. The number of rotatable bonds is 5. The number of aromatic nitrogens is 1. The number of hydrogen-bond donors (Lipinski definition) is 2. The van der Waals surface area contributed by atoms with Gasteiger partial charge in [0.25, 0.3) is 0 Å². The van der Waals surface area contributed by atoms with Crippen LogP contribution < -0.4 is 10.6 Å². The Bertz CT molecular complexity index is 753. The summed E-state index contributed by atoms with van der Waals surface area (Å²) >= 11 is 1.67. The third kappa shape index (κ3) is 3.61.